The zero-order chi connectivity index (χ0) is 42.2. The van der Waals surface area contributed by atoms with Crippen molar-refractivity contribution >= 4 is 19.8 Å². The molecule has 0 radical (unpaired) electrons. The number of rotatable bonds is 36. The first kappa shape index (κ1) is 53.3. The molecule has 1 saturated carbocycles. The van der Waals surface area contributed by atoms with Crippen molar-refractivity contribution < 1.29 is 63.1 Å². The zero-order valence-electron chi connectivity index (χ0n) is 35.1. The molecule has 0 bridgehead atoms. The molecule has 8 atom stereocenters. The van der Waals surface area contributed by atoms with Crippen LogP contribution in [0.25, 0.3) is 0 Å². The Morgan fingerprint density at radius 3 is 1.46 bits per heavy atom. The fourth-order valence-electron chi connectivity index (χ4n) is 6.67. The summed E-state index contributed by atoms with van der Waals surface area (Å²) in [5.41, 5.74) is 0. The van der Waals surface area contributed by atoms with Gasteiger partial charge in [0.1, 0.15) is 43.2 Å². The van der Waals surface area contributed by atoms with E-state index >= 15 is 0 Å². The Morgan fingerprint density at radius 1 is 0.544 bits per heavy atom. The Balaban J connectivity index is 2.49. The fraction of sp³-hybridized carbons (Fsp3) is 0.860. The van der Waals surface area contributed by atoms with E-state index in [2.05, 4.69) is 38.2 Å². The van der Waals surface area contributed by atoms with E-state index in [4.69, 9.17) is 18.5 Å². The minimum atomic E-state index is -5.11. The van der Waals surface area contributed by atoms with Crippen LogP contribution in [0.5, 0.6) is 0 Å². The van der Waals surface area contributed by atoms with E-state index in [0.29, 0.717) is 12.8 Å². The Labute approximate surface area is 343 Å². The SMILES string of the molecule is CCCCC/C=C\C/C=C\CCCCCCCC(=O)O[C@H](COC(=O)CCCCCCCCCCCCCCC)COP(=O)(O)OC1[C@H](O)[C@H](O)C(O)[C@H](O)[C@H]1O. The second kappa shape index (κ2) is 34.1. The van der Waals surface area contributed by atoms with Crippen LogP contribution in [-0.2, 0) is 32.7 Å². The average molecular weight is 835 g/mol. The Hall–Kier alpha value is -1.67. The van der Waals surface area contributed by atoms with Gasteiger partial charge in [0.2, 0.25) is 0 Å². The summed E-state index contributed by atoms with van der Waals surface area (Å²) in [4.78, 5) is 35.6. The zero-order valence-corrected chi connectivity index (χ0v) is 36.0. The molecule has 1 aliphatic rings. The predicted octanol–water partition coefficient (Wildman–Crippen LogP) is 8.06. The van der Waals surface area contributed by atoms with Crippen LogP contribution in [0.1, 0.15) is 181 Å². The van der Waals surface area contributed by atoms with Crippen LogP contribution < -0.4 is 0 Å². The topological polar surface area (TPSA) is 210 Å². The molecule has 6 N–H and O–H groups in total. The van der Waals surface area contributed by atoms with Gasteiger partial charge in [0.15, 0.2) is 6.10 Å². The van der Waals surface area contributed by atoms with Crippen molar-refractivity contribution in [3.05, 3.63) is 24.3 Å². The summed E-state index contributed by atoms with van der Waals surface area (Å²) in [7, 11) is -5.11. The summed E-state index contributed by atoms with van der Waals surface area (Å²) in [6.45, 7) is 3.25. The lowest BCUT2D eigenvalue weighted by molar-refractivity contribution is -0.220. The second-order valence-electron chi connectivity index (χ2n) is 15.6. The molecule has 1 aliphatic carbocycles. The van der Waals surface area contributed by atoms with E-state index in [1.54, 1.807) is 0 Å². The molecule has 1 rings (SSSR count). The van der Waals surface area contributed by atoms with E-state index in [1.165, 1.54) is 77.0 Å². The maximum atomic E-state index is 12.8. The van der Waals surface area contributed by atoms with Crippen molar-refractivity contribution in [2.24, 2.45) is 0 Å². The van der Waals surface area contributed by atoms with Gasteiger partial charge in [-0.05, 0) is 44.9 Å². The van der Waals surface area contributed by atoms with E-state index in [0.717, 1.165) is 64.2 Å². The molecular weight excluding hydrogens is 755 g/mol. The quantitative estimate of drug-likeness (QED) is 0.0153. The van der Waals surface area contributed by atoms with Crippen molar-refractivity contribution in [3.8, 4) is 0 Å². The first-order valence-electron chi connectivity index (χ1n) is 22.1. The molecule has 0 heterocycles. The third kappa shape index (κ3) is 26.9. The van der Waals surface area contributed by atoms with Gasteiger partial charge in [-0.15, -0.1) is 0 Å². The molecule has 13 nitrogen and oxygen atoms in total. The molecule has 0 aromatic carbocycles. The van der Waals surface area contributed by atoms with Gasteiger partial charge >= 0.3 is 19.8 Å². The van der Waals surface area contributed by atoms with E-state index in [1.807, 2.05) is 0 Å². The molecule has 0 amide bonds. The van der Waals surface area contributed by atoms with Crippen molar-refractivity contribution in [1.29, 1.82) is 0 Å². The molecule has 0 saturated heterocycles. The largest absolute Gasteiger partial charge is 0.472 e. The number of carbonyl (C=O) groups is 2. The number of phosphoric acid groups is 1. The maximum absolute atomic E-state index is 12.8. The first-order chi connectivity index (χ1) is 27.4. The third-order valence-electron chi connectivity index (χ3n) is 10.3. The van der Waals surface area contributed by atoms with Crippen LogP contribution in [-0.4, -0.2) is 98.3 Å². The van der Waals surface area contributed by atoms with Crippen LogP contribution >= 0.6 is 7.82 Å². The van der Waals surface area contributed by atoms with E-state index in [9.17, 15) is 44.6 Å². The van der Waals surface area contributed by atoms with E-state index in [-0.39, 0.29) is 12.8 Å². The highest BCUT2D eigenvalue weighted by Gasteiger charge is 2.51. The van der Waals surface area contributed by atoms with Gasteiger partial charge in [0, 0.05) is 12.8 Å². The van der Waals surface area contributed by atoms with Gasteiger partial charge in [0.05, 0.1) is 6.61 Å². The van der Waals surface area contributed by atoms with Crippen LogP contribution in [0.4, 0.5) is 0 Å². The summed E-state index contributed by atoms with van der Waals surface area (Å²) in [6, 6.07) is 0. The van der Waals surface area contributed by atoms with Crippen LogP contribution in [0, 0.1) is 0 Å². The lowest BCUT2D eigenvalue weighted by Gasteiger charge is -2.41. The highest BCUT2D eigenvalue weighted by atomic mass is 31.2. The fourth-order valence-corrected chi connectivity index (χ4v) is 7.64. The minimum absolute atomic E-state index is 0.0831. The monoisotopic (exact) mass is 835 g/mol. The molecule has 0 aromatic heterocycles. The van der Waals surface area contributed by atoms with Crippen molar-refractivity contribution in [1.82, 2.24) is 0 Å². The number of aliphatic hydroxyl groups is 5. The number of ether oxygens (including phenoxy) is 2. The molecule has 334 valence electrons. The summed E-state index contributed by atoms with van der Waals surface area (Å²) in [5.74, 6) is -1.11. The molecule has 3 unspecified atom stereocenters. The number of hydrogen-bond acceptors (Lipinski definition) is 12. The number of hydrogen-bond donors (Lipinski definition) is 6. The summed E-state index contributed by atoms with van der Waals surface area (Å²) in [5, 5.41) is 50.1. The maximum Gasteiger partial charge on any atom is 0.472 e. The van der Waals surface area contributed by atoms with Crippen molar-refractivity contribution in [2.45, 2.75) is 224 Å². The standard InChI is InChI=1S/C43H79O13P/c1-3-5-7-9-11-13-15-17-18-20-22-24-26-28-30-32-37(45)55-35(34-54-57(51,52)56-43-41(49)39(47)38(46)40(48)42(43)50)33-53-36(44)31-29-27-25-23-21-19-16-14-12-10-8-6-4-2/h11,13,17-18,35,38-43,46-50H,3-10,12,14-16,19-34H2,1-2H3,(H,51,52)/b13-11-,18-17-/t35-,38?,39-,40+,41-,42-,43?/m1/s1. The van der Waals surface area contributed by atoms with Gasteiger partial charge in [-0.25, -0.2) is 4.57 Å². The number of allylic oxidation sites excluding steroid dienone is 4. The summed E-state index contributed by atoms with van der Waals surface area (Å²) in [6.07, 6.45) is 22.3. The van der Waals surface area contributed by atoms with Crippen LogP contribution in [0.2, 0.25) is 0 Å². The number of phosphoric ester groups is 1. The normalized spacial score (nSPS) is 22.9. The lowest BCUT2D eigenvalue weighted by Crippen LogP contribution is -2.64. The Kier molecular flexibility index (Phi) is 31.9. The minimum Gasteiger partial charge on any atom is -0.462 e. The number of carbonyl (C=O) groups excluding carboxylic acids is 2. The first-order valence-corrected chi connectivity index (χ1v) is 23.6. The average Bonchev–Trinajstić information content (AvgIpc) is 3.19. The molecule has 0 aliphatic heterocycles. The summed E-state index contributed by atoms with van der Waals surface area (Å²) >= 11 is 0. The van der Waals surface area contributed by atoms with Gasteiger partial charge in [-0.2, -0.15) is 0 Å². The molecule has 0 aromatic rings. The Bertz CT molecular complexity index is 1100. The Morgan fingerprint density at radius 2 is 0.947 bits per heavy atom. The summed E-state index contributed by atoms with van der Waals surface area (Å²) < 4.78 is 33.5. The third-order valence-corrected chi connectivity index (χ3v) is 11.3. The number of unbranched alkanes of at least 4 members (excludes halogenated alkanes) is 20. The van der Waals surface area contributed by atoms with Crippen molar-refractivity contribution in [2.75, 3.05) is 13.2 Å². The van der Waals surface area contributed by atoms with Crippen molar-refractivity contribution in [3.63, 3.8) is 0 Å². The number of esters is 2. The highest BCUT2D eigenvalue weighted by Crippen LogP contribution is 2.47. The molecule has 0 spiro atoms. The van der Waals surface area contributed by atoms with Gasteiger partial charge in [0.25, 0.3) is 0 Å². The van der Waals surface area contributed by atoms with Gasteiger partial charge in [-0.3, -0.25) is 18.6 Å². The number of aliphatic hydroxyl groups excluding tert-OH is 5. The molecule has 14 heteroatoms. The smallest absolute Gasteiger partial charge is 0.462 e. The second-order valence-corrected chi connectivity index (χ2v) is 17.0. The predicted molar refractivity (Wildman–Crippen MR) is 221 cm³/mol. The molecule has 57 heavy (non-hydrogen) atoms. The lowest BCUT2D eigenvalue weighted by atomic mass is 9.85. The van der Waals surface area contributed by atoms with E-state index < -0.39 is 75.7 Å². The van der Waals surface area contributed by atoms with Crippen LogP contribution in [0.15, 0.2) is 24.3 Å². The molecule has 1 fully saturated rings. The van der Waals surface area contributed by atoms with Gasteiger partial charge in [-0.1, -0.05) is 147 Å². The van der Waals surface area contributed by atoms with Gasteiger partial charge < -0.3 is 39.9 Å². The van der Waals surface area contributed by atoms with Crippen LogP contribution in [0.3, 0.4) is 0 Å². The highest BCUT2D eigenvalue weighted by molar-refractivity contribution is 7.47. The molecular formula is C43H79O13P.